The molecule has 0 aromatic carbocycles. The number of aliphatic carboxylic acids is 1. The topological polar surface area (TPSA) is 54.4 Å². The van der Waals surface area contributed by atoms with E-state index in [9.17, 15) is 9.59 Å². The van der Waals surface area contributed by atoms with Crippen LogP contribution in [0.3, 0.4) is 0 Å². The van der Waals surface area contributed by atoms with Crippen molar-refractivity contribution in [3.05, 3.63) is 0 Å². The Morgan fingerprint density at radius 2 is 2.10 bits per heavy atom. The van der Waals surface area contributed by atoms with Crippen LogP contribution in [0.15, 0.2) is 0 Å². The first-order chi connectivity index (χ1) is 4.57. The Morgan fingerprint density at radius 1 is 1.60 bits per heavy atom. The summed E-state index contributed by atoms with van der Waals surface area (Å²) in [5, 5.41) is 7.66. The van der Waals surface area contributed by atoms with Crippen LogP contribution in [0, 0.1) is 0 Å². The average Bonchev–Trinajstić information content (AvgIpc) is 1.87. The zero-order chi connectivity index (χ0) is 8.15. The van der Waals surface area contributed by atoms with Gasteiger partial charge in [0.05, 0.1) is 5.25 Å². The molecule has 0 amide bonds. The van der Waals surface area contributed by atoms with E-state index < -0.39 is 11.2 Å². The Bertz CT molecular complexity index is 135. The smallest absolute Gasteiger partial charge is 0.316 e. The number of aldehydes is 1. The minimum absolute atomic E-state index is 0.230. The minimum atomic E-state index is -0.876. The van der Waals surface area contributed by atoms with Gasteiger partial charge in [-0.05, 0) is 13.8 Å². The lowest BCUT2D eigenvalue weighted by atomic mass is 10.5. The van der Waals surface area contributed by atoms with Crippen molar-refractivity contribution in [2.45, 2.75) is 24.3 Å². The fourth-order valence-corrected chi connectivity index (χ4v) is 1.24. The Hall–Kier alpha value is -0.510. The number of hydrogen-bond acceptors (Lipinski definition) is 3. The maximum absolute atomic E-state index is 10.2. The van der Waals surface area contributed by atoms with E-state index in [0.29, 0.717) is 0 Å². The Kier molecular flexibility index (Phi) is 4.11. The number of carboxylic acid groups (broad SMARTS) is 1. The van der Waals surface area contributed by atoms with Gasteiger partial charge in [-0.2, -0.15) is 0 Å². The van der Waals surface area contributed by atoms with Crippen LogP contribution in [-0.2, 0) is 9.59 Å². The molecular formula is C6H10O3S. The Labute approximate surface area is 63.8 Å². The third-order valence-corrected chi connectivity index (χ3v) is 2.11. The second-order valence-corrected chi connectivity index (χ2v) is 3.68. The van der Waals surface area contributed by atoms with E-state index in [1.54, 1.807) is 13.8 Å². The van der Waals surface area contributed by atoms with Crippen LogP contribution in [0.4, 0.5) is 0 Å². The average molecular weight is 162 g/mol. The first kappa shape index (κ1) is 9.49. The van der Waals surface area contributed by atoms with Gasteiger partial charge >= 0.3 is 5.97 Å². The fraction of sp³-hybridized carbons (Fsp3) is 0.667. The summed E-state index contributed by atoms with van der Waals surface area (Å²) in [6.45, 7) is 3.24. The van der Waals surface area contributed by atoms with Gasteiger partial charge in [0.15, 0.2) is 0 Å². The van der Waals surface area contributed by atoms with Gasteiger partial charge < -0.3 is 9.90 Å². The minimum Gasteiger partial charge on any atom is -0.480 e. The van der Waals surface area contributed by atoms with Crippen LogP contribution < -0.4 is 0 Å². The van der Waals surface area contributed by atoms with Crippen molar-refractivity contribution in [3.63, 3.8) is 0 Å². The molecule has 0 rings (SSSR count). The van der Waals surface area contributed by atoms with Crippen LogP contribution >= 0.6 is 11.8 Å². The molecule has 0 bridgehead atoms. The van der Waals surface area contributed by atoms with Crippen LogP contribution in [0.2, 0.25) is 0 Å². The summed E-state index contributed by atoms with van der Waals surface area (Å²) in [6.07, 6.45) is 0.740. The summed E-state index contributed by atoms with van der Waals surface area (Å²) >= 11 is 1.14. The first-order valence-electron chi connectivity index (χ1n) is 2.91. The van der Waals surface area contributed by atoms with Gasteiger partial charge in [0.2, 0.25) is 0 Å². The summed E-state index contributed by atoms with van der Waals surface area (Å²) in [5.74, 6) is -0.876. The van der Waals surface area contributed by atoms with E-state index in [4.69, 9.17) is 5.11 Å². The summed E-state index contributed by atoms with van der Waals surface area (Å²) in [4.78, 5) is 20.3. The fourth-order valence-electron chi connectivity index (χ4n) is 0.412. The quantitative estimate of drug-likeness (QED) is 0.621. The van der Waals surface area contributed by atoms with Crippen LogP contribution in [0.25, 0.3) is 0 Å². The molecule has 0 aliphatic heterocycles. The highest BCUT2D eigenvalue weighted by atomic mass is 32.2. The molecule has 0 aromatic heterocycles. The SMILES string of the molecule is CC(C=O)SC(C)C(=O)O. The molecule has 0 fully saturated rings. The molecule has 0 saturated heterocycles. The lowest BCUT2D eigenvalue weighted by molar-refractivity contribution is -0.136. The highest BCUT2D eigenvalue weighted by Crippen LogP contribution is 2.15. The Balaban J connectivity index is 3.67. The first-order valence-corrected chi connectivity index (χ1v) is 3.85. The molecule has 3 nitrogen and oxygen atoms in total. The van der Waals surface area contributed by atoms with E-state index in [-0.39, 0.29) is 5.25 Å². The number of rotatable bonds is 4. The van der Waals surface area contributed by atoms with E-state index in [1.807, 2.05) is 0 Å². The highest BCUT2D eigenvalue weighted by molar-refractivity contribution is 8.01. The van der Waals surface area contributed by atoms with Gasteiger partial charge in [-0.3, -0.25) is 4.79 Å². The maximum Gasteiger partial charge on any atom is 0.316 e. The zero-order valence-corrected chi connectivity index (χ0v) is 6.72. The van der Waals surface area contributed by atoms with E-state index in [0.717, 1.165) is 18.0 Å². The number of thioether (sulfide) groups is 1. The molecule has 58 valence electrons. The molecule has 10 heavy (non-hydrogen) atoms. The second kappa shape index (κ2) is 4.33. The van der Waals surface area contributed by atoms with Gasteiger partial charge in [-0.25, -0.2) is 0 Å². The van der Waals surface area contributed by atoms with Gasteiger partial charge in [-0.1, -0.05) is 0 Å². The van der Waals surface area contributed by atoms with Crippen molar-refractivity contribution in [2.24, 2.45) is 0 Å². The largest absolute Gasteiger partial charge is 0.480 e. The molecule has 0 saturated carbocycles. The van der Waals surface area contributed by atoms with E-state index in [2.05, 4.69) is 0 Å². The summed E-state index contributed by atoms with van der Waals surface area (Å²) < 4.78 is 0. The van der Waals surface area contributed by atoms with Crippen molar-refractivity contribution in [1.82, 2.24) is 0 Å². The van der Waals surface area contributed by atoms with Gasteiger partial charge in [0, 0.05) is 0 Å². The predicted molar refractivity (Wildman–Crippen MR) is 40.2 cm³/mol. The molecule has 4 heteroatoms. The molecule has 0 aromatic rings. The lowest BCUT2D eigenvalue weighted by Crippen LogP contribution is -2.15. The third-order valence-electron chi connectivity index (χ3n) is 0.958. The van der Waals surface area contributed by atoms with Crippen molar-refractivity contribution in [1.29, 1.82) is 0 Å². The molecular weight excluding hydrogens is 152 g/mol. The zero-order valence-electron chi connectivity index (χ0n) is 5.90. The predicted octanol–water partition coefficient (Wildman–Crippen LogP) is 0.780. The Morgan fingerprint density at radius 3 is 2.40 bits per heavy atom. The van der Waals surface area contributed by atoms with Crippen molar-refractivity contribution >= 4 is 24.0 Å². The van der Waals surface area contributed by atoms with E-state index >= 15 is 0 Å². The van der Waals surface area contributed by atoms with Gasteiger partial charge in [0.25, 0.3) is 0 Å². The van der Waals surface area contributed by atoms with Crippen LogP contribution in [-0.4, -0.2) is 27.9 Å². The second-order valence-electron chi connectivity index (χ2n) is 1.96. The molecule has 2 atom stereocenters. The number of hydrogen-bond donors (Lipinski definition) is 1. The van der Waals surface area contributed by atoms with Gasteiger partial charge in [-0.15, -0.1) is 11.8 Å². The maximum atomic E-state index is 10.2. The van der Waals surface area contributed by atoms with Gasteiger partial charge in [0.1, 0.15) is 11.5 Å². The molecule has 0 aliphatic carbocycles. The normalized spacial score (nSPS) is 15.8. The molecule has 0 heterocycles. The lowest BCUT2D eigenvalue weighted by Gasteiger charge is -2.06. The molecule has 1 N–H and O–H groups in total. The summed E-state index contributed by atoms with van der Waals surface area (Å²) in [7, 11) is 0. The molecule has 0 aliphatic rings. The van der Waals surface area contributed by atoms with Crippen molar-refractivity contribution in [2.75, 3.05) is 0 Å². The number of carbonyl (C=O) groups is 2. The molecule has 0 radical (unpaired) electrons. The van der Waals surface area contributed by atoms with Crippen LogP contribution in [0.1, 0.15) is 13.8 Å². The van der Waals surface area contributed by atoms with Crippen molar-refractivity contribution in [3.8, 4) is 0 Å². The van der Waals surface area contributed by atoms with Crippen LogP contribution in [0.5, 0.6) is 0 Å². The summed E-state index contributed by atoms with van der Waals surface area (Å²) in [6, 6.07) is 0. The third kappa shape index (κ3) is 3.50. The summed E-state index contributed by atoms with van der Waals surface area (Å²) in [5.41, 5.74) is 0. The molecule has 0 spiro atoms. The standard InChI is InChI=1S/C6H10O3S/c1-4(3-7)10-5(2)6(8)9/h3-5H,1-2H3,(H,8,9). The van der Waals surface area contributed by atoms with E-state index in [1.165, 1.54) is 0 Å². The monoisotopic (exact) mass is 162 g/mol. The molecule has 2 unspecified atom stereocenters. The highest BCUT2D eigenvalue weighted by Gasteiger charge is 2.14. The number of carboxylic acids is 1. The number of carbonyl (C=O) groups excluding carboxylic acids is 1. The van der Waals surface area contributed by atoms with Crippen molar-refractivity contribution < 1.29 is 14.7 Å².